The van der Waals surface area contributed by atoms with Crippen molar-refractivity contribution in [1.82, 2.24) is 4.90 Å². The predicted octanol–water partition coefficient (Wildman–Crippen LogP) is 6.12. The Hall–Kier alpha value is -3.05. The molecule has 1 unspecified atom stereocenters. The van der Waals surface area contributed by atoms with Gasteiger partial charge in [0.1, 0.15) is 11.5 Å². The highest BCUT2D eigenvalue weighted by Gasteiger charge is 2.53. The van der Waals surface area contributed by atoms with E-state index in [9.17, 15) is 9.90 Å². The van der Waals surface area contributed by atoms with Crippen LogP contribution in [0.25, 0.3) is 10.8 Å². The van der Waals surface area contributed by atoms with Gasteiger partial charge in [0.05, 0.1) is 13.0 Å². The largest absolute Gasteiger partial charge is 0.508 e. The first-order chi connectivity index (χ1) is 17.3. The van der Waals surface area contributed by atoms with Gasteiger partial charge in [-0.15, -0.1) is 0 Å². The van der Waals surface area contributed by atoms with Crippen molar-refractivity contribution in [2.75, 3.05) is 20.7 Å². The normalized spacial score (nSPS) is 25.6. The maximum Gasteiger partial charge on any atom is 0.310 e. The van der Waals surface area contributed by atoms with Gasteiger partial charge in [0, 0.05) is 11.5 Å². The lowest BCUT2D eigenvalue weighted by molar-refractivity contribution is -0.138. The van der Waals surface area contributed by atoms with Crippen LogP contribution in [0.2, 0.25) is 0 Å². The number of aliphatic carboxylic acids is 1. The van der Waals surface area contributed by atoms with Crippen LogP contribution in [0, 0.1) is 5.92 Å². The smallest absolute Gasteiger partial charge is 0.310 e. The average Bonchev–Trinajstić information content (AvgIpc) is 2.90. The second-order valence-electron chi connectivity index (χ2n) is 10.9. The highest BCUT2D eigenvalue weighted by Crippen LogP contribution is 2.55. The maximum absolute atomic E-state index is 10.9. The van der Waals surface area contributed by atoms with Gasteiger partial charge in [-0.2, -0.15) is 0 Å². The summed E-state index contributed by atoms with van der Waals surface area (Å²) >= 11 is 0. The SMILES string of the molecule is CN1CC[C@@]23CCCC[C@H]2[C@@H]1Cc1ccc(O)cc13.COc1ccc2cc(C(C)C(=O)O)ccc2c1. The molecule has 1 aliphatic heterocycles. The Bertz CT molecular complexity index is 1270. The fraction of sp³-hybridized carbons (Fsp3) is 0.452. The number of phenols is 1. The van der Waals surface area contributed by atoms with Gasteiger partial charge in [0.25, 0.3) is 0 Å². The minimum Gasteiger partial charge on any atom is -0.508 e. The molecule has 36 heavy (non-hydrogen) atoms. The number of likely N-dealkylation sites (N-methyl/N-ethyl adjacent to an activating group) is 1. The van der Waals surface area contributed by atoms with E-state index in [1.54, 1.807) is 14.0 Å². The third-order valence-corrected chi connectivity index (χ3v) is 9.04. The number of fused-ring (bicyclic) bond motifs is 2. The molecule has 3 aromatic carbocycles. The minimum absolute atomic E-state index is 0.377. The van der Waals surface area contributed by atoms with Crippen LogP contribution < -0.4 is 4.74 Å². The number of rotatable bonds is 3. The highest BCUT2D eigenvalue weighted by molar-refractivity contribution is 5.86. The van der Waals surface area contributed by atoms with E-state index in [1.165, 1.54) is 56.2 Å². The maximum atomic E-state index is 10.9. The van der Waals surface area contributed by atoms with Crippen molar-refractivity contribution in [3.8, 4) is 11.5 Å². The fourth-order valence-corrected chi connectivity index (χ4v) is 6.97. The highest BCUT2D eigenvalue weighted by atomic mass is 16.5. The Morgan fingerprint density at radius 1 is 1.06 bits per heavy atom. The molecule has 3 aliphatic rings. The third kappa shape index (κ3) is 4.34. The summed E-state index contributed by atoms with van der Waals surface area (Å²) in [5.74, 6) is 0.778. The lowest BCUT2D eigenvalue weighted by atomic mass is 9.52. The van der Waals surface area contributed by atoms with Crippen molar-refractivity contribution in [1.29, 1.82) is 0 Å². The molecular formula is C31H37NO4. The van der Waals surface area contributed by atoms with E-state index in [2.05, 4.69) is 24.1 Å². The molecule has 0 aromatic heterocycles. The van der Waals surface area contributed by atoms with E-state index in [1.807, 2.05) is 42.5 Å². The van der Waals surface area contributed by atoms with Crippen LogP contribution in [-0.4, -0.2) is 47.8 Å². The fourth-order valence-electron chi connectivity index (χ4n) is 6.97. The van der Waals surface area contributed by atoms with Crippen LogP contribution in [0.15, 0.2) is 54.6 Å². The van der Waals surface area contributed by atoms with Gasteiger partial charge in [0.2, 0.25) is 0 Å². The number of methoxy groups -OCH3 is 1. The van der Waals surface area contributed by atoms with Gasteiger partial charge in [-0.3, -0.25) is 4.79 Å². The molecule has 1 saturated carbocycles. The summed E-state index contributed by atoms with van der Waals surface area (Å²) in [6, 6.07) is 18.3. The Kier molecular flexibility index (Phi) is 6.69. The average molecular weight is 488 g/mol. The monoisotopic (exact) mass is 487 g/mol. The molecule has 3 aromatic rings. The molecule has 0 spiro atoms. The van der Waals surface area contributed by atoms with Gasteiger partial charge >= 0.3 is 5.97 Å². The molecule has 5 heteroatoms. The summed E-state index contributed by atoms with van der Waals surface area (Å²) < 4.78 is 5.14. The number of hydrogen-bond donors (Lipinski definition) is 2. The van der Waals surface area contributed by atoms with Crippen molar-refractivity contribution in [3.63, 3.8) is 0 Å². The summed E-state index contributed by atoms with van der Waals surface area (Å²) in [5, 5.41) is 21.0. The zero-order chi connectivity index (χ0) is 25.4. The van der Waals surface area contributed by atoms with E-state index >= 15 is 0 Å². The lowest BCUT2D eigenvalue weighted by Gasteiger charge is -2.58. The van der Waals surface area contributed by atoms with E-state index in [4.69, 9.17) is 9.84 Å². The third-order valence-electron chi connectivity index (χ3n) is 9.04. The molecule has 5 nitrogen and oxygen atoms in total. The van der Waals surface area contributed by atoms with Crippen molar-refractivity contribution >= 4 is 16.7 Å². The molecule has 6 rings (SSSR count). The number of benzene rings is 3. The number of carboxylic acids is 1. The van der Waals surface area contributed by atoms with Gasteiger partial charge < -0.3 is 19.8 Å². The summed E-state index contributed by atoms with van der Waals surface area (Å²) in [5.41, 5.74) is 4.17. The van der Waals surface area contributed by atoms with Crippen LogP contribution >= 0.6 is 0 Å². The number of nitrogens with zero attached hydrogens (tertiary/aromatic N) is 1. The quantitative estimate of drug-likeness (QED) is 0.466. The Balaban J connectivity index is 0.000000149. The molecule has 190 valence electrons. The van der Waals surface area contributed by atoms with Crippen molar-refractivity contribution in [2.24, 2.45) is 5.92 Å². The summed E-state index contributed by atoms with van der Waals surface area (Å²) in [7, 11) is 3.93. The number of likely N-dealkylation sites (tertiary alicyclic amines) is 1. The Morgan fingerprint density at radius 3 is 2.61 bits per heavy atom. The van der Waals surface area contributed by atoms with E-state index in [-0.39, 0.29) is 0 Å². The zero-order valence-corrected chi connectivity index (χ0v) is 21.5. The first-order valence-corrected chi connectivity index (χ1v) is 13.2. The van der Waals surface area contributed by atoms with Gasteiger partial charge in [-0.05, 0) is 104 Å². The summed E-state index contributed by atoms with van der Waals surface area (Å²) in [6.07, 6.45) is 7.93. The number of ether oxygens (including phenoxy) is 1. The number of carboxylic acid groups (broad SMARTS) is 1. The molecule has 1 heterocycles. The van der Waals surface area contributed by atoms with Crippen LogP contribution in [0.3, 0.4) is 0 Å². The molecule has 2 aliphatic carbocycles. The number of piperidine rings is 1. The van der Waals surface area contributed by atoms with Crippen molar-refractivity contribution in [3.05, 3.63) is 71.3 Å². The predicted molar refractivity (Wildman–Crippen MR) is 143 cm³/mol. The van der Waals surface area contributed by atoms with E-state index in [0.717, 1.165) is 34.0 Å². The van der Waals surface area contributed by atoms with Crippen molar-refractivity contribution in [2.45, 2.75) is 62.8 Å². The van der Waals surface area contributed by atoms with E-state index in [0.29, 0.717) is 11.2 Å². The Labute approximate surface area is 213 Å². The number of phenolic OH excluding ortho intramolecular Hbond substituents is 1. The molecule has 0 radical (unpaired) electrons. The van der Waals surface area contributed by atoms with Crippen LogP contribution in [0.4, 0.5) is 0 Å². The molecule has 4 atom stereocenters. The second-order valence-corrected chi connectivity index (χ2v) is 10.9. The van der Waals surface area contributed by atoms with Crippen molar-refractivity contribution < 1.29 is 19.7 Å². The first-order valence-electron chi connectivity index (χ1n) is 13.2. The van der Waals surface area contributed by atoms with E-state index < -0.39 is 11.9 Å². The van der Waals surface area contributed by atoms with Gasteiger partial charge in [0.15, 0.2) is 0 Å². The summed E-state index contributed by atoms with van der Waals surface area (Å²) in [4.78, 5) is 13.5. The molecule has 2 bridgehead atoms. The Morgan fingerprint density at radius 2 is 1.83 bits per heavy atom. The molecule has 2 fully saturated rings. The number of carbonyl (C=O) groups is 1. The molecule has 1 saturated heterocycles. The second kappa shape index (κ2) is 9.78. The topological polar surface area (TPSA) is 70.0 Å². The van der Waals surface area contributed by atoms with Gasteiger partial charge in [-0.25, -0.2) is 0 Å². The molecule has 2 N–H and O–H groups in total. The number of hydrogen-bond acceptors (Lipinski definition) is 4. The number of aromatic hydroxyl groups is 1. The minimum atomic E-state index is -0.808. The molecular weight excluding hydrogens is 450 g/mol. The summed E-state index contributed by atoms with van der Waals surface area (Å²) in [6.45, 7) is 2.91. The zero-order valence-electron chi connectivity index (χ0n) is 21.5. The lowest BCUT2D eigenvalue weighted by Crippen LogP contribution is -2.59. The molecule has 0 amide bonds. The standard InChI is InChI=1S/C17H23NO.C14H14O3/c1-18-9-8-17-7-3-2-4-14(17)16(18)10-12-5-6-13(19)11-15(12)17;1-9(14(15)16)10-3-4-12-8-13(17-2)6-5-11(12)7-10/h5-6,11,14,16,19H,2-4,7-10H2,1H3;3-9H,1-2H3,(H,15,16)/t14-,16-,17-;/m0./s1. The van der Waals surface area contributed by atoms with Crippen LogP contribution in [0.1, 0.15) is 61.6 Å². The van der Waals surface area contributed by atoms with Crippen LogP contribution in [-0.2, 0) is 16.6 Å². The van der Waals surface area contributed by atoms with Crippen LogP contribution in [0.5, 0.6) is 11.5 Å². The van der Waals surface area contributed by atoms with Gasteiger partial charge in [-0.1, -0.05) is 43.2 Å². The first kappa shape index (κ1) is 24.6.